The highest BCUT2D eigenvalue weighted by atomic mass is 16.2. The summed E-state index contributed by atoms with van der Waals surface area (Å²) in [6.07, 6.45) is 9.85. The Kier molecular flexibility index (Phi) is 4.83. The molecular formula is C20H29N5O. The van der Waals surface area contributed by atoms with Gasteiger partial charge in [-0.2, -0.15) is 5.10 Å². The van der Waals surface area contributed by atoms with Crippen molar-refractivity contribution in [3.05, 3.63) is 35.7 Å². The van der Waals surface area contributed by atoms with Crippen molar-refractivity contribution in [1.82, 2.24) is 24.2 Å². The monoisotopic (exact) mass is 355 g/mol. The summed E-state index contributed by atoms with van der Waals surface area (Å²) in [4.78, 5) is 19.2. The van der Waals surface area contributed by atoms with Crippen LogP contribution in [0.15, 0.2) is 18.5 Å². The van der Waals surface area contributed by atoms with Gasteiger partial charge in [-0.3, -0.25) is 9.48 Å². The Bertz CT molecular complexity index is 765. The molecule has 2 fully saturated rings. The Hall–Kier alpha value is -2.11. The van der Waals surface area contributed by atoms with Gasteiger partial charge in [0.15, 0.2) is 0 Å². The molecule has 0 aromatic carbocycles. The average molecular weight is 355 g/mol. The van der Waals surface area contributed by atoms with Gasteiger partial charge in [-0.25, -0.2) is 4.98 Å². The minimum Gasteiger partial charge on any atom is -0.337 e. The molecule has 26 heavy (non-hydrogen) atoms. The van der Waals surface area contributed by atoms with E-state index in [9.17, 15) is 4.79 Å². The van der Waals surface area contributed by atoms with Crippen LogP contribution in [0.25, 0.3) is 0 Å². The van der Waals surface area contributed by atoms with E-state index in [-0.39, 0.29) is 5.91 Å². The Morgan fingerprint density at radius 2 is 2.00 bits per heavy atom. The minimum atomic E-state index is 0.0807. The number of carbonyl (C=O) groups is 1. The number of nitrogens with zero attached hydrogens (tertiary/aromatic N) is 5. The number of carbonyl (C=O) groups excluding carboxylic acids is 1. The van der Waals surface area contributed by atoms with E-state index in [0.717, 1.165) is 39.0 Å². The molecule has 2 aromatic heterocycles. The molecule has 0 atom stereocenters. The number of rotatable bonds is 6. The van der Waals surface area contributed by atoms with E-state index in [1.807, 2.05) is 35.0 Å². The number of amides is 1. The molecule has 6 heteroatoms. The van der Waals surface area contributed by atoms with E-state index < -0.39 is 0 Å². The van der Waals surface area contributed by atoms with Crippen molar-refractivity contribution in [2.75, 3.05) is 13.1 Å². The molecule has 0 radical (unpaired) electrons. The van der Waals surface area contributed by atoms with Crippen LogP contribution in [0.1, 0.15) is 67.0 Å². The highest BCUT2D eigenvalue weighted by Gasteiger charge is 2.29. The summed E-state index contributed by atoms with van der Waals surface area (Å²) in [6.45, 7) is 7.75. The molecule has 1 amide bonds. The fourth-order valence-corrected chi connectivity index (χ4v) is 3.99. The molecule has 2 aromatic rings. The van der Waals surface area contributed by atoms with Gasteiger partial charge in [0, 0.05) is 50.2 Å². The van der Waals surface area contributed by atoms with Gasteiger partial charge in [-0.05, 0) is 57.9 Å². The number of aryl methyl sites for hydroxylation is 2. The van der Waals surface area contributed by atoms with Gasteiger partial charge in [0.1, 0.15) is 11.5 Å². The average Bonchev–Trinajstić information content (AvgIpc) is 3.27. The summed E-state index contributed by atoms with van der Waals surface area (Å²) in [5.41, 5.74) is 1.86. The molecule has 0 N–H and O–H groups in total. The molecule has 1 saturated carbocycles. The first-order valence-electron chi connectivity index (χ1n) is 10.0. The number of hydrogen-bond donors (Lipinski definition) is 0. The van der Waals surface area contributed by atoms with Crippen LogP contribution in [-0.4, -0.2) is 43.2 Å². The molecule has 140 valence electrons. The molecule has 0 spiro atoms. The SMILES string of the molecule is CCn1ccc(C(=O)N2CCC(CCn3c(C)cnc3C3CC3)CC2)n1. The van der Waals surface area contributed by atoms with Crippen molar-refractivity contribution >= 4 is 5.91 Å². The molecule has 1 saturated heterocycles. The van der Waals surface area contributed by atoms with Crippen LogP contribution in [-0.2, 0) is 13.1 Å². The molecule has 2 aliphatic rings. The maximum Gasteiger partial charge on any atom is 0.274 e. The summed E-state index contributed by atoms with van der Waals surface area (Å²) in [6, 6.07) is 1.83. The van der Waals surface area contributed by atoms with Crippen LogP contribution in [0.3, 0.4) is 0 Å². The van der Waals surface area contributed by atoms with Crippen molar-refractivity contribution in [1.29, 1.82) is 0 Å². The second-order valence-corrected chi connectivity index (χ2v) is 7.76. The smallest absolute Gasteiger partial charge is 0.274 e. The molecule has 1 aliphatic heterocycles. The van der Waals surface area contributed by atoms with Gasteiger partial charge in [0.2, 0.25) is 0 Å². The molecule has 0 bridgehead atoms. The van der Waals surface area contributed by atoms with Gasteiger partial charge >= 0.3 is 0 Å². The van der Waals surface area contributed by atoms with E-state index >= 15 is 0 Å². The van der Waals surface area contributed by atoms with Crippen molar-refractivity contribution in [2.24, 2.45) is 5.92 Å². The lowest BCUT2D eigenvalue weighted by Crippen LogP contribution is -2.39. The maximum absolute atomic E-state index is 12.6. The predicted molar refractivity (Wildman–Crippen MR) is 100 cm³/mol. The van der Waals surface area contributed by atoms with Crippen LogP contribution in [0.2, 0.25) is 0 Å². The molecule has 6 nitrogen and oxygen atoms in total. The molecule has 1 aliphatic carbocycles. The molecule has 3 heterocycles. The largest absolute Gasteiger partial charge is 0.337 e. The lowest BCUT2D eigenvalue weighted by atomic mass is 9.93. The van der Waals surface area contributed by atoms with Crippen LogP contribution in [0.5, 0.6) is 0 Å². The summed E-state index contributed by atoms with van der Waals surface area (Å²) in [5.74, 6) is 2.77. The fraction of sp³-hybridized carbons (Fsp3) is 0.650. The summed E-state index contributed by atoms with van der Waals surface area (Å²) >= 11 is 0. The summed E-state index contributed by atoms with van der Waals surface area (Å²) < 4.78 is 4.23. The zero-order valence-electron chi connectivity index (χ0n) is 15.9. The van der Waals surface area contributed by atoms with Gasteiger partial charge in [0.05, 0.1) is 0 Å². The van der Waals surface area contributed by atoms with Crippen molar-refractivity contribution in [3.8, 4) is 0 Å². The highest BCUT2D eigenvalue weighted by molar-refractivity contribution is 5.92. The van der Waals surface area contributed by atoms with Crippen LogP contribution in [0, 0.1) is 12.8 Å². The van der Waals surface area contributed by atoms with Crippen molar-refractivity contribution < 1.29 is 4.79 Å². The van der Waals surface area contributed by atoms with E-state index in [1.165, 1.54) is 30.8 Å². The highest BCUT2D eigenvalue weighted by Crippen LogP contribution is 2.39. The predicted octanol–water partition coefficient (Wildman–Crippen LogP) is 3.23. The second-order valence-electron chi connectivity index (χ2n) is 7.76. The third kappa shape index (κ3) is 3.55. The Labute approximate surface area is 155 Å². The van der Waals surface area contributed by atoms with Crippen molar-refractivity contribution in [3.63, 3.8) is 0 Å². The first-order valence-corrected chi connectivity index (χ1v) is 10.0. The van der Waals surface area contributed by atoms with Gasteiger partial charge in [-0.1, -0.05) is 0 Å². The molecular weight excluding hydrogens is 326 g/mol. The van der Waals surface area contributed by atoms with Crippen LogP contribution < -0.4 is 0 Å². The fourth-order valence-electron chi connectivity index (χ4n) is 3.99. The molecule has 4 rings (SSSR count). The van der Waals surface area contributed by atoms with Crippen LogP contribution in [0.4, 0.5) is 0 Å². The first-order chi connectivity index (χ1) is 12.7. The van der Waals surface area contributed by atoms with Gasteiger partial charge in [-0.15, -0.1) is 0 Å². The quantitative estimate of drug-likeness (QED) is 0.799. The van der Waals surface area contributed by atoms with Crippen LogP contribution >= 0.6 is 0 Å². The normalized spacial score (nSPS) is 18.5. The molecule has 0 unspecified atom stereocenters. The summed E-state index contributed by atoms with van der Waals surface area (Å²) in [7, 11) is 0. The van der Waals surface area contributed by atoms with E-state index in [0.29, 0.717) is 17.5 Å². The third-order valence-corrected chi connectivity index (χ3v) is 5.87. The van der Waals surface area contributed by atoms with E-state index in [4.69, 9.17) is 0 Å². The van der Waals surface area contributed by atoms with Gasteiger partial charge in [0.25, 0.3) is 5.91 Å². The lowest BCUT2D eigenvalue weighted by Gasteiger charge is -2.31. The Morgan fingerprint density at radius 1 is 1.23 bits per heavy atom. The number of imidazole rings is 1. The standard InChI is InChI=1S/C20H29N5O/c1-3-24-12-9-18(22-24)20(26)23-10-6-16(7-11-23)8-13-25-15(2)14-21-19(25)17-4-5-17/h9,12,14,16-17H,3-8,10-11,13H2,1-2H3. The summed E-state index contributed by atoms with van der Waals surface area (Å²) in [5, 5.41) is 4.35. The Balaban J connectivity index is 1.28. The minimum absolute atomic E-state index is 0.0807. The topological polar surface area (TPSA) is 56.0 Å². The van der Waals surface area contributed by atoms with Gasteiger partial charge < -0.3 is 9.47 Å². The third-order valence-electron chi connectivity index (χ3n) is 5.87. The van der Waals surface area contributed by atoms with Crippen molar-refractivity contribution in [2.45, 2.75) is 65.0 Å². The lowest BCUT2D eigenvalue weighted by molar-refractivity contribution is 0.0678. The van der Waals surface area contributed by atoms with E-state index in [1.54, 1.807) is 0 Å². The van der Waals surface area contributed by atoms with E-state index in [2.05, 4.69) is 21.6 Å². The zero-order chi connectivity index (χ0) is 18.1. The number of hydrogen-bond acceptors (Lipinski definition) is 3. The zero-order valence-corrected chi connectivity index (χ0v) is 15.9. The number of aromatic nitrogens is 4. The number of likely N-dealkylation sites (tertiary alicyclic amines) is 1. The number of piperidine rings is 1. The second kappa shape index (κ2) is 7.25. The maximum atomic E-state index is 12.6. The first kappa shape index (κ1) is 17.3. The Morgan fingerprint density at radius 3 is 2.65 bits per heavy atom.